The lowest BCUT2D eigenvalue weighted by Gasteiger charge is -2.51. The third-order valence-corrected chi connectivity index (χ3v) is 5.51. The fraction of sp³-hybridized carbons (Fsp3) is 0.462. The zero-order chi connectivity index (χ0) is 14.3. The molecular weight excluding hydrogens is 405 g/mol. The van der Waals surface area contributed by atoms with Gasteiger partial charge in [-0.2, -0.15) is 0 Å². The molecule has 0 bridgehead atoms. The van der Waals surface area contributed by atoms with Crippen LogP contribution in [-0.4, -0.2) is 45.6 Å². The fourth-order valence-electron chi connectivity index (χ4n) is 2.71. The predicted molar refractivity (Wildman–Crippen MR) is 72.6 cm³/mol. The number of carboxylic acid groups (broad SMARTS) is 1. The molecule has 2 aliphatic rings. The lowest BCUT2D eigenvalue weighted by Crippen LogP contribution is -3.00. The van der Waals surface area contributed by atoms with Gasteiger partial charge in [-0.3, -0.25) is 9.59 Å². The number of nitrogens with two attached hydrogens (primary N) is 1. The van der Waals surface area contributed by atoms with Crippen molar-refractivity contribution in [2.24, 2.45) is 11.1 Å². The van der Waals surface area contributed by atoms with E-state index in [2.05, 4.69) is 0 Å². The van der Waals surface area contributed by atoms with Crippen molar-refractivity contribution in [2.45, 2.75) is 18.0 Å². The Kier molecular flexibility index (Phi) is 4.79. The molecule has 3 heterocycles. The van der Waals surface area contributed by atoms with Gasteiger partial charge >= 0.3 is 5.97 Å². The van der Waals surface area contributed by atoms with Gasteiger partial charge in [0.15, 0.2) is 24.4 Å². The van der Waals surface area contributed by atoms with E-state index in [0.717, 1.165) is 0 Å². The SMILES string of the molecule is N[C@@H]1C(=O)N2CC(C[n+]3ccccc3)(C(=O)O)CS[C@H]12.[I-]. The second kappa shape index (κ2) is 6.09. The van der Waals surface area contributed by atoms with Crippen LogP contribution in [0.4, 0.5) is 0 Å². The van der Waals surface area contributed by atoms with Crippen LogP contribution in [0, 0.1) is 5.41 Å². The van der Waals surface area contributed by atoms with E-state index >= 15 is 0 Å². The van der Waals surface area contributed by atoms with Crippen molar-refractivity contribution in [3.05, 3.63) is 30.6 Å². The summed E-state index contributed by atoms with van der Waals surface area (Å²) in [6, 6.07) is 5.13. The van der Waals surface area contributed by atoms with E-state index in [-0.39, 0.29) is 41.8 Å². The number of carbonyl (C=O) groups is 2. The zero-order valence-electron chi connectivity index (χ0n) is 11.2. The number of thioether (sulfide) groups is 1. The second-order valence-electron chi connectivity index (χ2n) is 5.33. The van der Waals surface area contributed by atoms with E-state index in [1.165, 1.54) is 11.8 Å². The molecule has 1 aromatic heterocycles. The Labute approximate surface area is 143 Å². The number of fused-ring (bicyclic) bond motifs is 1. The minimum Gasteiger partial charge on any atom is -1.00 e. The van der Waals surface area contributed by atoms with E-state index in [1.54, 1.807) is 4.90 Å². The van der Waals surface area contributed by atoms with Crippen LogP contribution in [0.1, 0.15) is 0 Å². The van der Waals surface area contributed by atoms with Crippen LogP contribution in [0.3, 0.4) is 0 Å². The molecule has 1 amide bonds. The summed E-state index contributed by atoms with van der Waals surface area (Å²) in [5.74, 6) is -0.550. The average Bonchev–Trinajstić information content (AvgIpc) is 2.47. The quantitative estimate of drug-likeness (QED) is 0.298. The Morgan fingerprint density at radius 3 is 2.76 bits per heavy atom. The van der Waals surface area contributed by atoms with E-state index in [1.807, 2.05) is 35.2 Å². The van der Waals surface area contributed by atoms with Gasteiger partial charge < -0.3 is 39.7 Å². The topological polar surface area (TPSA) is 87.5 Å². The van der Waals surface area contributed by atoms with Gasteiger partial charge in [-0.15, -0.1) is 11.8 Å². The third-order valence-electron chi connectivity index (χ3n) is 3.90. The molecule has 0 saturated carbocycles. The van der Waals surface area contributed by atoms with Gasteiger partial charge in [0.1, 0.15) is 11.4 Å². The molecule has 8 heteroatoms. The smallest absolute Gasteiger partial charge is 0.318 e. The first-order chi connectivity index (χ1) is 9.53. The largest absolute Gasteiger partial charge is 1.00 e. The highest BCUT2D eigenvalue weighted by Crippen LogP contribution is 2.41. The summed E-state index contributed by atoms with van der Waals surface area (Å²) >= 11 is 1.47. The number of halogens is 1. The molecule has 2 aliphatic heterocycles. The van der Waals surface area contributed by atoms with Crippen LogP contribution < -0.4 is 34.3 Å². The fourth-order valence-corrected chi connectivity index (χ4v) is 4.19. The number of nitrogens with zero attached hydrogens (tertiary/aromatic N) is 2. The molecule has 114 valence electrons. The highest BCUT2D eigenvalue weighted by atomic mass is 127. The summed E-state index contributed by atoms with van der Waals surface area (Å²) in [6.45, 7) is 0.580. The molecule has 3 N–H and O–H groups in total. The van der Waals surface area contributed by atoms with Gasteiger partial charge in [0.05, 0.1) is 0 Å². The molecular formula is C13H16IN3O3S. The molecule has 3 rings (SSSR count). The summed E-state index contributed by atoms with van der Waals surface area (Å²) in [4.78, 5) is 25.1. The van der Waals surface area contributed by atoms with Crippen molar-refractivity contribution in [2.75, 3.05) is 12.3 Å². The number of amides is 1. The number of hydrogen-bond donors (Lipinski definition) is 2. The van der Waals surface area contributed by atoms with Gasteiger partial charge in [0.25, 0.3) is 0 Å². The van der Waals surface area contributed by atoms with Crippen LogP contribution in [0.2, 0.25) is 0 Å². The molecule has 0 spiro atoms. The Balaban J connectivity index is 0.00000161. The number of pyridine rings is 1. The van der Waals surface area contributed by atoms with Crippen molar-refractivity contribution in [3.63, 3.8) is 0 Å². The maximum Gasteiger partial charge on any atom is 0.318 e. The van der Waals surface area contributed by atoms with Crippen molar-refractivity contribution in [3.8, 4) is 0 Å². The van der Waals surface area contributed by atoms with Crippen LogP contribution >= 0.6 is 11.8 Å². The average molecular weight is 421 g/mol. The molecule has 2 fully saturated rings. The second-order valence-corrected chi connectivity index (χ2v) is 6.43. The highest BCUT2D eigenvalue weighted by molar-refractivity contribution is 8.00. The lowest BCUT2D eigenvalue weighted by atomic mass is 9.87. The van der Waals surface area contributed by atoms with E-state index in [4.69, 9.17) is 5.73 Å². The lowest BCUT2D eigenvalue weighted by molar-refractivity contribution is -0.706. The van der Waals surface area contributed by atoms with Gasteiger partial charge in [-0.05, 0) is 0 Å². The maximum atomic E-state index is 11.7. The number of carbonyl (C=O) groups excluding carboxylic acids is 1. The first-order valence-electron chi connectivity index (χ1n) is 6.39. The molecule has 0 aliphatic carbocycles. The minimum atomic E-state index is -0.955. The maximum absolute atomic E-state index is 11.7. The highest BCUT2D eigenvalue weighted by Gasteiger charge is 2.57. The third kappa shape index (κ3) is 2.76. The van der Waals surface area contributed by atoms with E-state index < -0.39 is 17.4 Å². The summed E-state index contributed by atoms with van der Waals surface area (Å²) in [5.41, 5.74) is 4.77. The van der Waals surface area contributed by atoms with Gasteiger partial charge in [0, 0.05) is 24.4 Å². The number of aromatic nitrogens is 1. The van der Waals surface area contributed by atoms with Crippen LogP contribution in [0.25, 0.3) is 0 Å². The summed E-state index contributed by atoms with van der Waals surface area (Å²) in [6.07, 6.45) is 3.68. The molecule has 1 aromatic rings. The summed E-state index contributed by atoms with van der Waals surface area (Å²) < 4.78 is 1.85. The van der Waals surface area contributed by atoms with Crippen molar-refractivity contribution in [1.29, 1.82) is 0 Å². The number of aliphatic carboxylic acids is 1. The van der Waals surface area contributed by atoms with Crippen LogP contribution in [0.5, 0.6) is 0 Å². The Morgan fingerprint density at radius 2 is 2.14 bits per heavy atom. The minimum absolute atomic E-state index is 0. The summed E-state index contributed by atoms with van der Waals surface area (Å²) in [7, 11) is 0. The molecule has 2 saturated heterocycles. The zero-order valence-corrected chi connectivity index (χ0v) is 14.2. The van der Waals surface area contributed by atoms with E-state index in [0.29, 0.717) is 12.3 Å². The first-order valence-corrected chi connectivity index (χ1v) is 7.43. The Hall–Kier alpha value is -0.870. The predicted octanol–water partition coefficient (Wildman–Crippen LogP) is -3.71. The molecule has 1 unspecified atom stereocenters. The Bertz CT molecular complexity index is 559. The molecule has 21 heavy (non-hydrogen) atoms. The Morgan fingerprint density at radius 1 is 1.48 bits per heavy atom. The van der Waals surface area contributed by atoms with E-state index in [9.17, 15) is 14.7 Å². The standard InChI is InChI=1S/C13H15N3O3S.HI/c14-9-10(17)16-7-13(12(18)19,8-20-11(9)16)6-15-4-2-1-3-5-15;/h1-5,9,11H,6-8,14H2;1H/t9-,11-,13?;/m1./s1. The van der Waals surface area contributed by atoms with Gasteiger partial charge in [-0.1, -0.05) is 6.07 Å². The molecule has 0 radical (unpaired) electrons. The first kappa shape index (κ1) is 16.5. The van der Waals surface area contributed by atoms with Crippen LogP contribution in [-0.2, 0) is 16.1 Å². The molecule has 0 aromatic carbocycles. The number of β-lactam (4-membered cyclic amide) rings is 1. The normalized spacial score (nSPS) is 30.9. The van der Waals surface area contributed by atoms with Crippen molar-refractivity contribution in [1.82, 2.24) is 4.90 Å². The van der Waals surface area contributed by atoms with Crippen molar-refractivity contribution >= 4 is 23.6 Å². The number of hydrogen-bond acceptors (Lipinski definition) is 4. The number of carboxylic acids is 1. The van der Waals surface area contributed by atoms with Gasteiger partial charge in [0.2, 0.25) is 5.91 Å². The molecule has 6 nitrogen and oxygen atoms in total. The van der Waals surface area contributed by atoms with Crippen molar-refractivity contribution < 1.29 is 43.2 Å². The monoisotopic (exact) mass is 421 g/mol. The van der Waals surface area contributed by atoms with Gasteiger partial charge in [-0.25, -0.2) is 4.57 Å². The van der Waals surface area contributed by atoms with Crippen LogP contribution in [0.15, 0.2) is 30.6 Å². The number of rotatable bonds is 3. The molecule has 3 atom stereocenters. The summed E-state index contributed by atoms with van der Waals surface area (Å²) in [5, 5.41) is 9.57.